The smallest absolute Gasteiger partial charge is 0.252 e. The molecule has 0 spiro atoms. The maximum atomic E-state index is 12.5. The summed E-state index contributed by atoms with van der Waals surface area (Å²) in [6.07, 6.45) is 0.851. The second-order valence-electron chi connectivity index (χ2n) is 5.38. The predicted molar refractivity (Wildman–Crippen MR) is 80.8 cm³/mol. The van der Waals surface area contributed by atoms with Crippen LogP contribution in [0.1, 0.15) is 37.6 Å². The highest BCUT2D eigenvalue weighted by molar-refractivity contribution is 7.91. The Balaban J connectivity index is 3.02. The topological polar surface area (TPSA) is 63.4 Å². The molecule has 0 fully saturated rings. The number of thiophene rings is 1. The van der Waals surface area contributed by atoms with Gasteiger partial charge in [-0.2, -0.15) is 4.31 Å². The van der Waals surface area contributed by atoms with Gasteiger partial charge in [0.1, 0.15) is 4.21 Å². The lowest BCUT2D eigenvalue weighted by Gasteiger charge is -2.24. The summed E-state index contributed by atoms with van der Waals surface area (Å²) in [4.78, 5) is 0.934. The zero-order valence-corrected chi connectivity index (χ0v) is 13.9. The van der Waals surface area contributed by atoms with Crippen LogP contribution < -0.4 is 5.73 Å². The molecule has 0 amide bonds. The van der Waals surface area contributed by atoms with E-state index in [9.17, 15) is 8.42 Å². The molecule has 0 aliphatic rings. The number of hydrogen-bond acceptors (Lipinski definition) is 4. The van der Waals surface area contributed by atoms with Crippen LogP contribution in [0, 0.1) is 12.8 Å². The Morgan fingerprint density at radius 1 is 1.37 bits per heavy atom. The third kappa shape index (κ3) is 3.78. The molecule has 1 unspecified atom stereocenters. The number of nitrogens with zero attached hydrogens (tertiary/aromatic N) is 1. The molecule has 1 rings (SSSR count). The third-order valence-corrected chi connectivity index (χ3v) is 6.93. The summed E-state index contributed by atoms with van der Waals surface area (Å²) in [5.41, 5.74) is 6.57. The quantitative estimate of drug-likeness (QED) is 0.878. The minimum atomic E-state index is -3.40. The first kappa shape index (κ1) is 16.6. The van der Waals surface area contributed by atoms with Gasteiger partial charge in [-0.05, 0) is 37.8 Å². The van der Waals surface area contributed by atoms with Crippen LogP contribution in [-0.2, 0) is 16.6 Å². The van der Waals surface area contributed by atoms with Gasteiger partial charge in [0, 0.05) is 24.5 Å². The molecule has 0 saturated carbocycles. The molecular weight excluding hydrogens is 280 g/mol. The van der Waals surface area contributed by atoms with Crippen LogP contribution in [0.2, 0.25) is 0 Å². The normalized spacial score (nSPS) is 14.3. The maximum Gasteiger partial charge on any atom is 0.252 e. The van der Waals surface area contributed by atoms with Gasteiger partial charge in [-0.15, -0.1) is 11.3 Å². The minimum absolute atomic E-state index is 0.00580. The molecule has 0 bridgehead atoms. The van der Waals surface area contributed by atoms with Gasteiger partial charge in [0.05, 0.1) is 0 Å². The van der Waals surface area contributed by atoms with Crippen molar-refractivity contribution in [2.45, 2.75) is 50.9 Å². The van der Waals surface area contributed by atoms with Gasteiger partial charge in [0.15, 0.2) is 0 Å². The van der Waals surface area contributed by atoms with Gasteiger partial charge in [0.25, 0.3) is 10.0 Å². The monoisotopic (exact) mass is 304 g/mol. The lowest BCUT2D eigenvalue weighted by atomic mass is 10.1. The highest BCUT2D eigenvalue weighted by Gasteiger charge is 2.27. The number of hydrogen-bond donors (Lipinski definition) is 1. The molecule has 1 aromatic rings. The van der Waals surface area contributed by atoms with E-state index < -0.39 is 10.0 Å². The number of sulfonamides is 1. The molecule has 0 radical (unpaired) electrons. The van der Waals surface area contributed by atoms with Crippen molar-refractivity contribution in [1.82, 2.24) is 4.31 Å². The fourth-order valence-electron chi connectivity index (χ4n) is 2.03. The number of rotatable bonds is 6. The fraction of sp³-hybridized carbons (Fsp3) is 0.692. The van der Waals surface area contributed by atoms with E-state index in [1.807, 2.05) is 13.8 Å². The molecule has 6 heteroatoms. The standard InChI is InChI=1S/C13H24N2O2S2/c1-9(2)6-11(4)15(5)19(16,17)13-7-10(3)12(8-14)18-13/h7,9,11H,6,8,14H2,1-5H3. The first-order valence-electron chi connectivity index (χ1n) is 6.47. The van der Waals surface area contributed by atoms with Crippen molar-refractivity contribution < 1.29 is 8.42 Å². The SMILES string of the molecule is Cc1cc(S(=O)(=O)N(C)C(C)CC(C)C)sc1CN. The van der Waals surface area contributed by atoms with Gasteiger partial charge in [-0.3, -0.25) is 0 Å². The summed E-state index contributed by atoms with van der Waals surface area (Å²) in [5.74, 6) is 0.470. The molecule has 4 nitrogen and oxygen atoms in total. The van der Waals surface area contributed by atoms with Crippen LogP contribution in [0.3, 0.4) is 0 Å². The summed E-state index contributed by atoms with van der Waals surface area (Å²) in [6, 6.07) is 1.72. The van der Waals surface area contributed by atoms with E-state index in [1.54, 1.807) is 13.1 Å². The van der Waals surface area contributed by atoms with Crippen LogP contribution in [0.4, 0.5) is 0 Å². The van der Waals surface area contributed by atoms with Crippen molar-refractivity contribution in [2.24, 2.45) is 11.7 Å². The Kier molecular flexibility index (Phi) is 5.55. The van der Waals surface area contributed by atoms with Crippen LogP contribution >= 0.6 is 11.3 Å². The first-order valence-corrected chi connectivity index (χ1v) is 8.73. The largest absolute Gasteiger partial charge is 0.326 e. The molecule has 19 heavy (non-hydrogen) atoms. The van der Waals surface area contributed by atoms with Crippen LogP contribution in [-0.4, -0.2) is 25.8 Å². The number of nitrogens with two attached hydrogens (primary N) is 1. The van der Waals surface area contributed by atoms with Gasteiger partial charge in [-0.25, -0.2) is 8.42 Å². The first-order chi connectivity index (χ1) is 8.70. The van der Waals surface area contributed by atoms with Crippen LogP contribution in [0.15, 0.2) is 10.3 Å². The second-order valence-corrected chi connectivity index (χ2v) is 8.74. The van der Waals surface area contributed by atoms with Gasteiger partial charge in [-0.1, -0.05) is 13.8 Å². The van der Waals surface area contributed by atoms with E-state index >= 15 is 0 Å². The van der Waals surface area contributed by atoms with Crippen LogP contribution in [0.25, 0.3) is 0 Å². The average molecular weight is 304 g/mol. The molecule has 0 saturated heterocycles. The van der Waals surface area contributed by atoms with E-state index in [2.05, 4.69) is 13.8 Å². The van der Waals surface area contributed by atoms with Gasteiger partial charge in [0.2, 0.25) is 0 Å². The summed E-state index contributed by atoms with van der Waals surface area (Å²) >= 11 is 1.28. The zero-order valence-electron chi connectivity index (χ0n) is 12.3. The summed E-state index contributed by atoms with van der Waals surface area (Å²) < 4.78 is 26.9. The molecule has 1 atom stereocenters. The van der Waals surface area contributed by atoms with Crippen molar-refractivity contribution in [2.75, 3.05) is 7.05 Å². The number of aryl methyl sites for hydroxylation is 1. The molecule has 0 aliphatic carbocycles. The molecule has 2 N–H and O–H groups in total. The lowest BCUT2D eigenvalue weighted by Crippen LogP contribution is -2.35. The summed E-state index contributed by atoms with van der Waals surface area (Å²) in [7, 11) is -1.75. The molecular formula is C13H24N2O2S2. The Morgan fingerprint density at radius 2 is 1.95 bits per heavy atom. The van der Waals surface area contributed by atoms with Crippen LogP contribution in [0.5, 0.6) is 0 Å². The van der Waals surface area contributed by atoms with Gasteiger partial charge >= 0.3 is 0 Å². The molecule has 1 aromatic heterocycles. The molecule has 1 heterocycles. The Morgan fingerprint density at radius 3 is 2.37 bits per heavy atom. The highest BCUT2D eigenvalue weighted by atomic mass is 32.2. The van der Waals surface area contributed by atoms with Crippen molar-refractivity contribution in [1.29, 1.82) is 0 Å². The van der Waals surface area contributed by atoms with Crippen molar-refractivity contribution in [3.05, 3.63) is 16.5 Å². The van der Waals surface area contributed by atoms with E-state index in [0.29, 0.717) is 16.7 Å². The minimum Gasteiger partial charge on any atom is -0.326 e. The van der Waals surface area contributed by atoms with Crippen molar-refractivity contribution in [3.63, 3.8) is 0 Å². The summed E-state index contributed by atoms with van der Waals surface area (Å²) in [5, 5.41) is 0. The van der Waals surface area contributed by atoms with Crippen molar-refractivity contribution >= 4 is 21.4 Å². The van der Waals surface area contributed by atoms with E-state index in [-0.39, 0.29) is 6.04 Å². The van der Waals surface area contributed by atoms with Crippen molar-refractivity contribution in [3.8, 4) is 0 Å². The Labute approximate surface area is 120 Å². The zero-order chi connectivity index (χ0) is 14.8. The van der Waals surface area contributed by atoms with E-state index in [4.69, 9.17) is 5.73 Å². The predicted octanol–water partition coefficient (Wildman–Crippen LogP) is 2.57. The van der Waals surface area contributed by atoms with Gasteiger partial charge < -0.3 is 5.73 Å². The molecule has 0 aliphatic heterocycles. The molecule has 0 aromatic carbocycles. The second kappa shape index (κ2) is 6.35. The molecule has 110 valence electrons. The summed E-state index contributed by atoms with van der Waals surface area (Å²) in [6.45, 7) is 8.42. The maximum absolute atomic E-state index is 12.5. The fourth-order valence-corrected chi connectivity index (χ4v) is 5.05. The van der Waals surface area contributed by atoms with E-state index in [1.165, 1.54) is 15.6 Å². The average Bonchev–Trinajstić information content (AvgIpc) is 2.69. The third-order valence-electron chi connectivity index (χ3n) is 3.25. The Bertz CT molecular complexity index is 521. The lowest BCUT2D eigenvalue weighted by molar-refractivity contribution is 0.338. The highest BCUT2D eigenvalue weighted by Crippen LogP contribution is 2.29. The Hall–Kier alpha value is -0.430. The van der Waals surface area contributed by atoms with E-state index in [0.717, 1.165) is 16.9 Å².